The molecule has 0 saturated carbocycles. The molecule has 1 saturated heterocycles. The first-order chi connectivity index (χ1) is 14.7. The number of hydrogen-bond donors (Lipinski definition) is 1. The Balaban J connectivity index is 1.24. The van der Waals surface area contributed by atoms with Crippen LogP contribution in [0.2, 0.25) is 0 Å². The number of thioether (sulfide) groups is 1. The second-order valence-electron chi connectivity index (χ2n) is 6.73. The van der Waals surface area contributed by atoms with E-state index in [2.05, 4.69) is 25.1 Å². The summed E-state index contributed by atoms with van der Waals surface area (Å²) < 4.78 is 12.9. The number of aromatic amines is 1. The number of piperazine rings is 1. The van der Waals surface area contributed by atoms with Crippen molar-refractivity contribution in [2.45, 2.75) is 5.16 Å². The van der Waals surface area contributed by atoms with E-state index in [0.29, 0.717) is 29.8 Å². The van der Waals surface area contributed by atoms with Crippen LogP contribution in [0.4, 0.5) is 10.2 Å². The molecule has 0 unspecified atom stereocenters. The van der Waals surface area contributed by atoms with Crippen molar-refractivity contribution in [3.05, 3.63) is 65.9 Å². The number of H-pyrrole nitrogens is 1. The molecular formula is C21H21FN6OS. The van der Waals surface area contributed by atoms with Gasteiger partial charge in [0.15, 0.2) is 0 Å². The number of nitrogens with one attached hydrogen (secondary N) is 1. The van der Waals surface area contributed by atoms with Crippen LogP contribution in [0.25, 0.3) is 12.2 Å². The molecule has 154 valence electrons. The van der Waals surface area contributed by atoms with Gasteiger partial charge in [-0.2, -0.15) is 0 Å². The fourth-order valence-corrected chi connectivity index (χ4v) is 3.80. The average Bonchev–Trinajstić information content (AvgIpc) is 3.26. The van der Waals surface area contributed by atoms with E-state index in [-0.39, 0.29) is 11.7 Å². The molecule has 0 radical (unpaired) electrons. The number of amides is 1. The van der Waals surface area contributed by atoms with Crippen LogP contribution in [0.3, 0.4) is 0 Å². The van der Waals surface area contributed by atoms with Gasteiger partial charge in [0.25, 0.3) is 0 Å². The van der Waals surface area contributed by atoms with Crippen molar-refractivity contribution in [2.75, 3.05) is 36.8 Å². The highest BCUT2D eigenvalue weighted by Crippen LogP contribution is 2.17. The lowest BCUT2D eigenvalue weighted by atomic mass is 10.2. The molecule has 3 aromatic rings. The lowest BCUT2D eigenvalue weighted by molar-refractivity contribution is -0.128. The number of carbonyl (C=O) groups is 1. The minimum absolute atomic E-state index is 0.0777. The fraction of sp³-hybridized carbons (Fsp3) is 0.238. The van der Waals surface area contributed by atoms with Crippen molar-refractivity contribution in [1.82, 2.24) is 25.1 Å². The summed E-state index contributed by atoms with van der Waals surface area (Å²) in [6.07, 6.45) is 5.37. The third-order valence-electron chi connectivity index (χ3n) is 4.72. The second kappa shape index (κ2) is 9.53. The maximum absolute atomic E-state index is 12.9. The number of anilines is 1. The Labute approximate surface area is 178 Å². The Morgan fingerprint density at radius 3 is 2.63 bits per heavy atom. The smallest absolute Gasteiger partial charge is 0.233 e. The summed E-state index contributed by atoms with van der Waals surface area (Å²) in [6.45, 7) is 2.89. The molecular weight excluding hydrogens is 403 g/mol. The van der Waals surface area contributed by atoms with Gasteiger partial charge in [0.1, 0.15) is 17.5 Å². The van der Waals surface area contributed by atoms with Gasteiger partial charge in [-0.3, -0.25) is 9.89 Å². The molecule has 9 heteroatoms. The van der Waals surface area contributed by atoms with E-state index in [1.807, 2.05) is 29.2 Å². The van der Waals surface area contributed by atoms with Crippen molar-refractivity contribution in [3.63, 3.8) is 0 Å². The third-order valence-corrected chi connectivity index (χ3v) is 5.55. The number of nitrogens with zero attached hydrogens (tertiary/aromatic N) is 5. The maximum Gasteiger partial charge on any atom is 0.233 e. The first-order valence-corrected chi connectivity index (χ1v) is 10.6. The van der Waals surface area contributed by atoms with E-state index in [4.69, 9.17) is 0 Å². The highest BCUT2D eigenvalue weighted by molar-refractivity contribution is 7.99. The lowest BCUT2D eigenvalue weighted by Gasteiger charge is -2.35. The first-order valence-electron chi connectivity index (χ1n) is 9.60. The molecule has 2 aromatic heterocycles. The Hall–Kier alpha value is -3.20. The molecule has 1 aromatic carbocycles. The van der Waals surface area contributed by atoms with E-state index in [0.717, 1.165) is 24.5 Å². The lowest BCUT2D eigenvalue weighted by Crippen LogP contribution is -2.49. The molecule has 1 aliphatic heterocycles. The molecule has 1 aliphatic rings. The topological polar surface area (TPSA) is 78.0 Å². The summed E-state index contributed by atoms with van der Waals surface area (Å²) in [4.78, 5) is 25.3. The number of benzene rings is 1. The average molecular weight is 425 g/mol. The molecule has 0 atom stereocenters. The minimum atomic E-state index is -0.270. The summed E-state index contributed by atoms with van der Waals surface area (Å²) >= 11 is 1.31. The first kappa shape index (κ1) is 20.1. The quantitative estimate of drug-likeness (QED) is 0.613. The molecule has 4 rings (SSSR count). The largest absolute Gasteiger partial charge is 0.353 e. The molecule has 30 heavy (non-hydrogen) atoms. The van der Waals surface area contributed by atoms with Gasteiger partial charge < -0.3 is 9.80 Å². The molecule has 7 nitrogen and oxygen atoms in total. The van der Waals surface area contributed by atoms with Crippen LogP contribution < -0.4 is 4.90 Å². The van der Waals surface area contributed by atoms with Crippen molar-refractivity contribution in [3.8, 4) is 0 Å². The van der Waals surface area contributed by atoms with E-state index < -0.39 is 0 Å². The van der Waals surface area contributed by atoms with Gasteiger partial charge in [-0.25, -0.2) is 14.4 Å². The standard InChI is InChI=1S/C21H21FN6OS/c22-17-7-4-16(5-8-17)6-9-18-24-21(26-25-18)30-15-20(29)28-13-11-27(12-14-28)19-3-1-2-10-23-19/h1-10H,11-15H2,(H,24,25,26)/b9-6+. The summed E-state index contributed by atoms with van der Waals surface area (Å²) in [5.41, 5.74) is 0.863. The van der Waals surface area contributed by atoms with Gasteiger partial charge in [0.05, 0.1) is 5.75 Å². The van der Waals surface area contributed by atoms with Crippen molar-refractivity contribution in [1.29, 1.82) is 0 Å². The number of halogens is 1. The Morgan fingerprint density at radius 1 is 1.10 bits per heavy atom. The Kier molecular flexibility index (Phi) is 6.38. The van der Waals surface area contributed by atoms with Gasteiger partial charge in [-0.15, -0.1) is 5.10 Å². The summed E-state index contributed by atoms with van der Waals surface area (Å²) in [7, 11) is 0. The monoisotopic (exact) mass is 424 g/mol. The van der Waals surface area contributed by atoms with Crippen molar-refractivity contribution < 1.29 is 9.18 Å². The number of rotatable bonds is 6. The van der Waals surface area contributed by atoms with Crippen LogP contribution in [0.15, 0.2) is 53.8 Å². The predicted molar refractivity (Wildman–Crippen MR) is 115 cm³/mol. The van der Waals surface area contributed by atoms with Crippen LogP contribution >= 0.6 is 11.8 Å². The van der Waals surface area contributed by atoms with Crippen molar-refractivity contribution >= 4 is 35.6 Å². The minimum Gasteiger partial charge on any atom is -0.353 e. The highest BCUT2D eigenvalue weighted by atomic mass is 32.2. The van der Waals surface area contributed by atoms with Crippen LogP contribution in [0, 0.1) is 5.82 Å². The van der Waals surface area contributed by atoms with Gasteiger partial charge in [0.2, 0.25) is 11.1 Å². The van der Waals surface area contributed by atoms with E-state index in [1.165, 1.54) is 23.9 Å². The predicted octanol–water partition coefficient (Wildman–Crippen LogP) is 2.95. The van der Waals surface area contributed by atoms with Crippen LogP contribution in [0.5, 0.6) is 0 Å². The molecule has 3 heterocycles. The van der Waals surface area contributed by atoms with E-state index >= 15 is 0 Å². The summed E-state index contributed by atoms with van der Waals surface area (Å²) in [5, 5.41) is 7.50. The zero-order valence-corrected chi connectivity index (χ0v) is 17.1. The molecule has 1 fully saturated rings. The van der Waals surface area contributed by atoms with Crippen LogP contribution in [-0.4, -0.2) is 62.9 Å². The summed E-state index contributed by atoms with van der Waals surface area (Å²) in [5.74, 6) is 1.63. The molecule has 0 bridgehead atoms. The summed E-state index contributed by atoms with van der Waals surface area (Å²) in [6, 6.07) is 12.0. The van der Waals surface area contributed by atoms with Crippen LogP contribution in [0.1, 0.15) is 11.4 Å². The van der Waals surface area contributed by atoms with Gasteiger partial charge in [-0.1, -0.05) is 36.0 Å². The molecule has 1 N–H and O–H groups in total. The third kappa shape index (κ3) is 5.24. The second-order valence-corrected chi connectivity index (χ2v) is 7.68. The zero-order chi connectivity index (χ0) is 20.8. The molecule has 1 amide bonds. The molecule has 0 aliphatic carbocycles. The number of carbonyl (C=O) groups excluding carboxylic acids is 1. The maximum atomic E-state index is 12.9. The number of hydrogen-bond acceptors (Lipinski definition) is 6. The molecule has 0 spiro atoms. The SMILES string of the molecule is O=C(CSc1n[nH]c(/C=C/c2ccc(F)cc2)n1)N1CCN(c2ccccn2)CC1. The number of aromatic nitrogens is 4. The van der Waals surface area contributed by atoms with E-state index in [9.17, 15) is 9.18 Å². The van der Waals surface area contributed by atoms with Gasteiger partial charge in [0, 0.05) is 32.4 Å². The van der Waals surface area contributed by atoms with Crippen molar-refractivity contribution in [2.24, 2.45) is 0 Å². The van der Waals surface area contributed by atoms with Crippen LogP contribution in [-0.2, 0) is 4.79 Å². The highest BCUT2D eigenvalue weighted by Gasteiger charge is 2.22. The van der Waals surface area contributed by atoms with Gasteiger partial charge in [-0.05, 0) is 35.9 Å². The Morgan fingerprint density at radius 2 is 1.90 bits per heavy atom. The van der Waals surface area contributed by atoms with E-state index in [1.54, 1.807) is 24.4 Å². The number of pyridine rings is 1. The normalized spacial score (nSPS) is 14.4. The Bertz CT molecular complexity index is 1000. The fourth-order valence-electron chi connectivity index (χ4n) is 3.09. The van der Waals surface area contributed by atoms with Gasteiger partial charge >= 0.3 is 0 Å². The zero-order valence-electron chi connectivity index (χ0n) is 16.2.